The molecule has 56 valence electrons. The van der Waals surface area contributed by atoms with E-state index in [0.717, 1.165) is 0 Å². The number of oxazole rings is 1. The van der Waals surface area contributed by atoms with Gasteiger partial charge in [0.1, 0.15) is 6.26 Å². The molecule has 1 aromatic heterocycles. The number of azo groups is 1. The van der Waals surface area contributed by atoms with Gasteiger partial charge in [-0.05, 0) is 0 Å². The molecule has 5 nitrogen and oxygen atoms in total. The summed E-state index contributed by atoms with van der Waals surface area (Å²) in [5.74, 6) is -0.269. The standard InChI is InChI=1S/C3H2N2O.C3H3NO/c6-3-1-2-4-5-3;1-2-5-3-4-1/h1-2H;1-3H. The first-order valence-corrected chi connectivity index (χ1v) is 2.83. The second-order valence-corrected chi connectivity index (χ2v) is 1.55. The van der Waals surface area contributed by atoms with Crippen LogP contribution in [0.25, 0.3) is 0 Å². The van der Waals surface area contributed by atoms with E-state index in [-0.39, 0.29) is 5.91 Å². The Morgan fingerprint density at radius 1 is 1.45 bits per heavy atom. The fourth-order valence-electron chi connectivity index (χ4n) is 0.396. The Bertz CT molecular complexity index is 232. The molecule has 11 heavy (non-hydrogen) atoms. The Morgan fingerprint density at radius 2 is 2.36 bits per heavy atom. The average Bonchev–Trinajstić information content (AvgIpc) is 2.57. The quantitative estimate of drug-likeness (QED) is 0.558. The number of aromatic nitrogens is 1. The lowest BCUT2D eigenvalue weighted by Crippen LogP contribution is -1.74. The van der Waals surface area contributed by atoms with Gasteiger partial charge < -0.3 is 4.42 Å². The van der Waals surface area contributed by atoms with Crippen LogP contribution >= 0.6 is 0 Å². The van der Waals surface area contributed by atoms with Crippen LogP contribution in [0.1, 0.15) is 0 Å². The predicted octanol–water partition coefficient (Wildman–Crippen LogP) is 1.17. The van der Waals surface area contributed by atoms with E-state index in [1.165, 1.54) is 24.9 Å². The Labute approximate surface area is 62.5 Å². The number of hydrogen-bond acceptors (Lipinski definition) is 4. The topological polar surface area (TPSA) is 67.8 Å². The molecule has 0 atom stereocenters. The minimum Gasteiger partial charge on any atom is -0.452 e. The third-order valence-electron chi connectivity index (χ3n) is 0.787. The molecular weight excluding hydrogens is 146 g/mol. The molecule has 0 bridgehead atoms. The zero-order chi connectivity index (χ0) is 7.94. The van der Waals surface area contributed by atoms with Gasteiger partial charge in [0.05, 0.1) is 12.4 Å². The number of rotatable bonds is 0. The largest absolute Gasteiger partial charge is 0.452 e. The second kappa shape index (κ2) is 4.10. The summed E-state index contributed by atoms with van der Waals surface area (Å²) in [5, 5.41) is 6.37. The Morgan fingerprint density at radius 3 is 2.55 bits per heavy atom. The minimum absolute atomic E-state index is 0.269. The van der Waals surface area contributed by atoms with Crippen molar-refractivity contribution in [2.75, 3.05) is 0 Å². The lowest BCUT2D eigenvalue weighted by molar-refractivity contribution is -0.113. The maximum absolute atomic E-state index is 9.90. The maximum atomic E-state index is 9.90. The molecule has 0 unspecified atom stereocenters. The normalized spacial score (nSPS) is 12.9. The van der Waals surface area contributed by atoms with Crippen LogP contribution in [0.3, 0.4) is 0 Å². The monoisotopic (exact) mass is 151 g/mol. The smallest absolute Gasteiger partial charge is 0.289 e. The highest BCUT2D eigenvalue weighted by Crippen LogP contribution is 1.90. The SMILES string of the molecule is O=C1C=CN=N1.c1cocn1. The van der Waals surface area contributed by atoms with Crippen molar-refractivity contribution in [3.05, 3.63) is 31.1 Å². The van der Waals surface area contributed by atoms with Crippen LogP contribution in [0.15, 0.2) is 45.8 Å². The van der Waals surface area contributed by atoms with E-state index in [1.807, 2.05) is 0 Å². The van der Waals surface area contributed by atoms with E-state index in [2.05, 4.69) is 19.6 Å². The Kier molecular flexibility index (Phi) is 2.73. The molecule has 0 saturated heterocycles. The molecule has 1 aromatic rings. The van der Waals surface area contributed by atoms with Gasteiger partial charge in [0, 0.05) is 6.08 Å². The molecule has 1 aliphatic heterocycles. The van der Waals surface area contributed by atoms with Crippen LogP contribution in [0, 0.1) is 0 Å². The summed E-state index contributed by atoms with van der Waals surface area (Å²) in [5.41, 5.74) is 0. The van der Waals surface area contributed by atoms with Crippen molar-refractivity contribution in [1.82, 2.24) is 4.98 Å². The highest BCUT2D eigenvalue weighted by Gasteiger charge is 1.92. The van der Waals surface area contributed by atoms with E-state index in [0.29, 0.717) is 0 Å². The van der Waals surface area contributed by atoms with Gasteiger partial charge in [-0.1, -0.05) is 0 Å². The molecule has 5 heteroatoms. The van der Waals surface area contributed by atoms with Gasteiger partial charge in [-0.2, -0.15) is 5.11 Å². The fourth-order valence-corrected chi connectivity index (χ4v) is 0.396. The molecule has 2 heterocycles. The van der Waals surface area contributed by atoms with Crippen molar-refractivity contribution in [3.63, 3.8) is 0 Å². The first-order valence-electron chi connectivity index (χ1n) is 2.83. The summed E-state index contributed by atoms with van der Waals surface area (Å²) in [6, 6.07) is 0. The third-order valence-corrected chi connectivity index (χ3v) is 0.787. The minimum atomic E-state index is -0.269. The molecule has 0 saturated carbocycles. The summed E-state index contributed by atoms with van der Waals surface area (Å²) in [7, 11) is 0. The van der Waals surface area contributed by atoms with Crippen LogP contribution in [0.5, 0.6) is 0 Å². The number of carbonyl (C=O) groups is 1. The number of carbonyl (C=O) groups excluding carboxylic acids is 1. The molecular formula is C6H5N3O2. The van der Waals surface area contributed by atoms with Gasteiger partial charge in [-0.3, -0.25) is 4.79 Å². The molecule has 2 rings (SSSR count). The summed E-state index contributed by atoms with van der Waals surface area (Å²) in [6.07, 6.45) is 7.14. The van der Waals surface area contributed by atoms with Crippen LogP contribution in [-0.2, 0) is 4.79 Å². The second-order valence-electron chi connectivity index (χ2n) is 1.55. The van der Waals surface area contributed by atoms with Gasteiger partial charge in [0.25, 0.3) is 5.91 Å². The predicted molar refractivity (Wildman–Crippen MR) is 35.5 cm³/mol. The van der Waals surface area contributed by atoms with Gasteiger partial charge in [-0.25, -0.2) is 4.98 Å². The fraction of sp³-hybridized carbons (Fsp3) is 0. The van der Waals surface area contributed by atoms with Gasteiger partial charge in [0.15, 0.2) is 6.39 Å². The van der Waals surface area contributed by atoms with Crippen molar-refractivity contribution in [1.29, 1.82) is 0 Å². The molecule has 0 radical (unpaired) electrons. The van der Waals surface area contributed by atoms with Gasteiger partial charge >= 0.3 is 0 Å². The molecule has 0 fully saturated rings. The first-order chi connectivity index (χ1) is 5.39. The van der Waals surface area contributed by atoms with Gasteiger partial charge in [0.2, 0.25) is 0 Å². The van der Waals surface area contributed by atoms with E-state index < -0.39 is 0 Å². The zero-order valence-electron chi connectivity index (χ0n) is 5.54. The number of nitrogens with zero attached hydrogens (tertiary/aromatic N) is 3. The lowest BCUT2D eigenvalue weighted by atomic mass is 10.6. The van der Waals surface area contributed by atoms with E-state index in [4.69, 9.17) is 0 Å². The van der Waals surface area contributed by atoms with Crippen molar-refractivity contribution in [2.45, 2.75) is 0 Å². The van der Waals surface area contributed by atoms with Crippen molar-refractivity contribution in [3.8, 4) is 0 Å². The summed E-state index contributed by atoms with van der Waals surface area (Å²) >= 11 is 0. The Balaban J connectivity index is 0.000000112. The molecule has 0 aromatic carbocycles. The first kappa shape index (κ1) is 7.33. The molecule has 0 N–H and O–H groups in total. The number of amides is 1. The van der Waals surface area contributed by atoms with Crippen LogP contribution in [-0.4, -0.2) is 10.9 Å². The highest BCUT2D eigenvalue weighted by atomic mass is 16.3. The third kappa shape index (κ3) is 3.04. The number of hydrogen-bond donors (Lipinski definition) is 0. The Hall–Kier alpha value is -1.78. The van der Waals surface area contributed by atoms with E-state index >= 15 is 0 Å². The molecule has 1 amide bonds. The average molecular weight is 151 g/mol. The van der Waals surface area contributed by atoms with Crippen LogP contribution < -0.4 is 0 Å². The van der Waals surface area contributed by atoms with Crippen LogP contribution in [0.4, 0.5) is 0 Å². The van der Waals surface area contributed by atoms with E-state index in [1.54, 1.807) is 6.20 Å². The van der Waals surface area contributed by atoms with Gasteiger partial charge in [-0.15, -0.1) is 5.11 Å². The summed E-state index contributed by atoms with van der Waals surface area (Å²) in [4.78, 5) is 13.5. The summed E-state index contributed by atoms with van der Waals surface area (Å²) in [6.45, 7) is 0. The molecule has 0 aliphatic carbocycles. The lowest BCUT2D eigenvalue weighted by Gasteiger charge is -1.59. The zero-order valence-corrected chi connectivity index (χ0v) is 5.54. The molecule has 0 spiro atoms. The summed E-state index contributed by atoms with van der Waals surface area (Å²) < 4.78 is 4.47. The maximum Gasteiger partial charge on any atom is 0.289 e. The van der Waals surface area contributed by atoms with E-state index in [9.17, 15) is 4.79 Å². The van der Waals surface area contributed by atoms with Crippen molar-refractivity contribution in [2.24, 2.45) is 10.2 Å². The van der Waals surface area contributed by atoms with Crippen molar-refractivity contribution >= 4 is 5.91 Å². The highest BCUT2D eigenvalue weighted by molar-refractivity contribution is 5.89. The van der Waals surface area contributed by atoms with Crippen molar-refractivity contribution < 1.29 is 9.21 Å². The molecule has 1 aliphatic rings. The van der Waals surface area contributed by atoms with Crippen LogP contribution in [0.2, 0.25) is 0 Å².